The second-order valence-electron chi connectivity index (χ2n) is 8.63. The van der Waals surface area contributed by atoms with Gasteiger partial charge in [-0.15, -0.1) is 0 Å². The third kappa shape index (κ3) is 6.61. The van der Waals surface area contributed by atoms with Gasteiger partial charge in [0.1, 0.15) is 5.75 Å². The van der Waals surface area contributed by atoms with Crippen LogP contribution in [-0.4, -0.2) is 38.0 Å². The molecule has 1 aromatic rings. The number of hydrogen-bond donors (Lipinski definition) is 0. The third-order valence-corrected chi connectivity index (χ3v) is 11.3. The number of rotatable bonds is 12. The van der Waals surface area contributed by atoms with E-state index in [2.05, 4.69) is 41.4 Å². The molecule has 5 rings (SSSR count). The van der Waals surface area contributed by atoms with Crippen molar-refractivity contribution in [1.29, 1.82) is 0 Å². The molecule has 0 spiro atoms. The molecule has 29 heavy (non-hydrogen) atoms. The van der Waals surface area contributed by atoms with Crippen LogP contribution in [0.4, 0.5) is 0 Å². The number of unbranched alkanes of at least 4 members (excludes halogenated alkanes) is 4. The fraction of sp³-hybridized carbons (Fsp3) is 0.708. The molecule has 2 bridgehead atoms. The Morgan fingerprint density at radius 1 is 1.07 bits per heavy atom. The zero-order chi connectivity index (χ0) is 20.1. The van der Waals surface area contributed by atoms with E-state index in [0.717, 1.165) is 32.7 Å². The van der Waals surface area contributed by atoms with E-state index >= 15 is 0 Å². The fourth-order valence-corrected chi connectivity index (χ4v) is 9.12. The molecule has 4 heterocycles. The monoisotopic (exact) mass is 450 g/mol. The van der Waals surface area contributed by atoms with Gasteiger partial charge in [0.15, 0.2) is 0 Å². The first kappa shape index (κ1) is 22.0. The molecule has 5 unspecified atom stereocenters. The number of fused-ring (bicyclic) bond motifs is 2. The Balaban J connectivity index is 1.01. The van der Waals surface area contributed by atoms with Crippen LogP contribution < -0.4 is 4.74 Å². The van der Waals surface area contributed by atoms with Crippen molar-refractivity contribution in [1.82, 2.24) is 0 Å². The summed E-state index contributed by atoms with van der Waals surface area (Å²) < 4.78 is 5.31. The zero-order valence-electron chi connectivity index (χ0n) is 17.5. The highest BCUT2D eigenvalue weighted by Gasteiger charge is 2.46. The van der Waals surface area contributed by atoms with Gasteiger partial charge < -0.3 is 4.74 Å². The average molecular weight is 451 g/mol. The second kappa shape index (κ2) is 10.9. The highest BCUT2D eigenvalue weighted by Crippen LogP contribution is 2.55. The predicted octanol–water partition coefficient (Wildman–Crippen LogP) is 6.75. The van der Waals surface area contributed by atoms with E-state index in [0.29, 0.717) is 12.2 Å². The topological polar surface area (TPSA) is 26.3 Å². The van der Waals surface area contributed by atoms with Crippen LogP contribution in [-0.2, 0) is 11.2 Å². The lowest BCUT2D eigenvalue weighted by Gasteiger charge is -2.45. The second-order valence-corrected chi connectivity index (χ2v) is 12.9. The first-order valence-electron chi connectivity index (χ1n) is 11.4. The van der Waals surface area contributed by atoms with Gasteiger partial charge in [0.05, 0.1) is 0 Å². The van der Waals surface area contributed by atoms with Crippen molar-refractivity contribution in [2.45, 2.75) is 97.4 Å². The molecular weight excluding hydrogens is 416 g/mol. The van der Waals surface area contributed by atoms with Crippen LogP contribution in [0.2, 0.25) is 0 Å². The van der Waals surface area contributed by atoms with E-state index in [9.17, 15) is 4.79 Å². The summed E-state index contributed by atoms with van der Waals surface area (Å²) in [6.45, 7) is 1.82. The third-order valence-electron chi connectivity index (χ3n) is 6.30. The molecule has 0 N–H and O–H groups in total. The summed E-state index contributed by atoms with van der Waals surface area (Å²) in [5, 5.41) is 4.94. The fourth-order valence-electron chi connectivity index (χ4n) is 4.44. The van der Waals surface area contributed by atoms with E-state index in [1.54, 1.807) is 0 Å². The quantitative estimate of drug-likeness (QED) is 0.152. The number of carbonyl (C=O) groups excluding carboxylic acids is 1. The summed E-state index contributed by atoms with van der Waals surface area (Å²) >= 11 is 6.81. The molecule has 160 valence electrons. The first-order chi connectivity index (χ1) is 14.2. The standard InChI is InChI=1S/C24H34O2S3/c1-2-24(25)26-18-11-8-10-17(13-18)9-6-4-3-5-7-12-20-23(29-20)15-21-22-14-19(28-22)16-27-21/h8,10-11,13,19-23H,2-7,9,12,14-16H2,1H3. The van der Waals surface area contributed by atoms with Gasteiger partial charge >= 0.3 is 5.97 Å². The lowest BCUT2D eigenvalue weighted by Crippen LogP contribution is -2.42. The van der Waals surface area contributed by atoms with Gasteiger partial charge in [-0.05, 0) is 49.8 Å². The van der Waals surface area contributed by atoms with Crippen molar-refractivity contribution in [3.63, 3.8) is 0 Å². The minimum Gasteiger partial charge on any atom is -0.427 e. The van der Waals surface area contributed by atoms with Crippen molar-refractivity contribution < 1.29 is 9.53 Å². The van der Waals surface area contributed by atoms with Gasteiger partial charge in [0, 0.05) is 38.4 Å². The molecular formula is C24H34O2S3. The maximum Gasteiger partial charge on any atom is 0.310 e. The molecule has 5 heteroatoms. The van der Waals surface area contributed by atoms with Crippen molar-refractivity contribution >= 4 is 41.3 Å². The Morgan fingerprint density at radius 3 is 2.69 bits per heavy atom. The Hall–Kier alpha value is -0.260. The van der Waals surface area contributed by atoms with Gasteiger partial charge in [0.25, 0.3) is 0 Å². The number of carbonyl (C=O) groups is 1. The van der Waals surface area contributed by atoms with Crippen LogP contribution in [0.5, 0.6) is 5.75 Å². The summed E-state index contributed by atoms with van der Waals surface area (Å²) in [5.74, 6) is 1.95. The summed E-state index contributed by atoms with van der Waals surface area (Å²) in [7, 11) is 0. The number of benzene rings is 1. The number of esters is 1. The van der Waals surface area contributed by atoms with E-state index in [1.807, 2.05) is 25.1 Å². The Bertz CT molecular complexity index is 671. The maximum absolute atomic E-state index is 11.4. The summed E-state index contributed by atoms with van der Waals surface area (Å²) in [6.07, 6.45) is 12.6. The van der Waals surface area contributed by atoms with Gasteiger partial charge in [-0.25, -0.2) is 0 Å². The van der Waals surface area contributed by atoms with Crippen molar-refractivity contribution in [2.24, 2.45) is 0 Å². The normalized spacial score (nSPS) is 29.9. The van der Waals surface area contributed by atoms with Crippen LogP contribution in [0.25, 0.3) is 0 Å². The van der Waals surface area contributed by atoms with Crippen LogP contribution in [0, 0.1) is 0 Å². The maximum atomic E-state index is 11.4. The predicted molar refractivity (Wildman–Crippen MR) is 130 cm³/mol. The molecule has 0 aromatic heterocycles. The molecule has 2 nitrogen and oxygen atoms in total. The van der Waals surface area contributed by atoms with Gasteiger partial charge in [-0.2, -0.15) is 35.3 Å². The van der Waals surface area contributed by atoms with Crippen molar-refractivity contribution in [3.8, 4) is 5.75 Å². The van der Waals surface area contributed by atoms with Crippen LogP contribution in [0.3, 0.4) is 0 Å². The Labute approximate surface area is 189 Å². The van der Waals surface area contributed by atoms with E-state index in [4.69, 9.17) is 4.74 Å². The number of hydrogen-bond acceptors (Lipinski definition) is 5. The molecule has 5 atom stereocenters. The van der Waals surface area contributed by atoms with Crippen LogP contribution >= 0.6 is 35.3 Å². The van der Waals surface area contributed by atoms with E-state index in [1.165, 1.54) is 62.7 Å². The zero-order valence-corrected chi connectivity index (χ0v) is 20.0. The molecule has 4 saturated heterocycles. The number of thioether (sulfide) groups is 3. The molecule has 0 radical (unpaired) electrons. The number of aryl methyl sites for hydroxylation is 1. The SMILES string of the molecule is CCC(=O)Oc1cccc(CCCCCCCC2SC2CC2SCC3CC2S3)c1. The Morgan fingerprint density at radius 2 is 1.90 bits per heavy atom. The molecule has 4 aliphatic rings. The molecule has 0 aliphatic carbocycles. The molecule has 4 fully saturated rings. The minimum atomic E-state index is -0.161. The van der Waals surface area contributed by atoms with Gasteiger partial charge in [-0.1, -0.05) is 44.7 Å². The summed E-state index contributed by atoms with van der Waals surface area (Å²) in [4.78, 5) is 11.4. The minimum absolute atomic E-state index is 0.161. The smallest absolute Gasteiger partial charge is 0.310 e. The average Bonchev–Trinajstić information content (AvgIpc) is 3.44. The molecule has 1 aromatic carbocycles. The van der Waals surface area contributed by atoms with Crippen LogP contribution in [0.1, 0.15) is 70.3 Å². The van der Waals surface area contributed by atoms with E-state index in [-0.39, 0.29) is 5.97 Å². The molecule has 0 amide bonds. The summed E-state index contributed by atoms with van der Waals surface area (Å²) in [5.41, 5.74) is 1.28. The highest BCUT2D eigenvalue weighted by molar-refractivity contribution is 8.09. The molecule has 4 aliphatic heterocycles. The van der Waals surface area contributed by atoms with Crippen LogP contribution in [0.15, 0.2) is 24.3 Å². The molecule has 0 saturated carbocycles. The largest absolute Gasteiger partial charge is 0.427 e. The Kier molecular flexibility index (Phi) is 8.22. The number of ether oxygens (including phenoxy) is 1. The lowest BCUT2D eigenvalue weighted by molar-refractivity contribution is -0.134. The van der Waals surface area contributed by atoms with Gasteiger partial charge in [0.2, 0.25) is 0 Å². The van der Waals surface area contributed by atoms with Gasteiger partial charge in [-0.3, -0.25) is 4.79 Å². The van der Waals surface area contributed by atoms with Crippen molar-refractivity contribution in [3.05, 3.63) is 29.8 Å². The lowest BCUT2D eigenvalue weighted by atomic mass is 10.0. The van der Waals surface area contributed by atoms with Crippen molar-refractivity contribution in [2.75, 3.05) is 5.75 Å². The van der Waals surface area contributed by atoms with E-state index < -0.39 is 0 Å². The summed E-state index contributed by atoms with van der Waals surface area (Å²) in [6, 6.07) is 8.02. The highest BCUT2D eigenvalue weighted by atomic mass is 32.2. The first-order valence-corrected chi connectivity index (χ1v) is 14.4.